The molecule has 1 aliphatic rings. The molecule has 186 valence electrons. The highest BCUT2D eigenvalue weighted by Crippen LogP contribution is 2.37. The maximum Gasteiger partial charge on any atom is 0.340 e. The summed E-state index contributed by atoms with van der Waals surface area (Å²) in [5.74, 6) is -0.970. The van der Waals surface area contributed by atoms with Crippen LogP contribution in [0.5, 0.6) is 0 Å². The predicted molar refractivity (Wildman–Crippen MR) is 139 cm³/mol. The number of anilines is 1. The molecule has 0 bridgehead atoms. The largest absolute Gasteiger partial charge is 0.465 e. The fourth-order valence-corrected chi connectivity index (χ4v) is 4.67. The highest BCUT2D eigenvalue weighted by atomic mass is 28.3. The Kier molecular flexibility index (Phi) is 7.27. The van der Waals surface area contributed by atoms with Gasteiger partial charge in [0.2, 0.25) is 0 Å². The molecule has 0 radical (unpaired) electrons. The first-order valence-electron chi connectivity index (χ1n) is 11.8. The van der Waals surface area contributed by atoms with Gasteiger partial charge in [0, 0.05) is 26.4 Å². The van der Waals surface area contributed by atoms with Crippen molar-refractivity contribution in [1.29, 1.82) is 0 Å². The van der Waals surface area contributed by atoms with Gasteiger partial charge in [-0.25, -0.2) is 14.6 Å². The topological polar surface area (TPSA) is 91.7 Å². The average Bonchev–Trinajstić information content (AvgIpc) is 3.56. The fourth-order valence-electron chi connectivity index (χ4n) is 3.92. The van der Waals surface area contributed by atoms with Gasteiger partial charge in [0.05, 0.1) is 42.7 Å². The van der Waals surface area contributed by atoms with Gasteiger partial charge >= 0.3 is 11.9 Å². The molecule has 0 unspecified atom stereocenters. The second-order valence-electron chi connectivity index (χ2n) is 10.1. The number of rotatable bonds is 10. The number of fused-ring (bicyclic) bond motifs is 1. The van der Waals surface area contributed by atoms with E-state index in [1.54, 1.807) is 12.4 Å². The third kappa shape index (κ3) is 5.74. The molecule has 35 heavy (non-hydrogen) atoms. The van der Waals surface area contributed by atoms with Crippen molar-refractivity contribution in [2.75, 3.05) is 26.1 Å². The maximum absolute atomic E-state index is 12.9. The lowest BCUT2D eigenvalue weighted by atomic mass is 9.93. The highest BCUT2D eigenvalue weighted by Gasteiger charge is 2.27. The standard InChI is InChI=1S/C26H33N3O5Si/c1-32-25(30)20-13-22-23(29(15-27-22)16-34-11-12-35(3,4)5)14-19(20)18-7-6-8-21(28-17-9-10-17)24(18)26(31)33-2/h6-8,13-15,17,28H,9-12,16H2,1-5H3. The second-order valence-corrected chi connectivity index (χ2v) is 15.7. The van der Waals surface area contributed by atoms with E-state index < -0.39 is 20.0 Å². The Balaban J connectivity index is 1.79. The Labute approximate surface area is 206 Å². The van der Waals surface area contributed by atoms with E-state index in [0.717, 1.165) is 24.4 Å². The lowest BCUT2D eigenvalue weighted by molar-refractivity contribution is 0.0590. The van der Waals surface area contributed by atoms with Crippen LogP contribution in [0.1, 0.15) is 33.6 Å². The normalized spacial score (nSPS) is 13.6. The number of imidazole rings is 1. The molecular weight excluding hydrogens is 462 g/mol. The van der Waals surface area contributed by atoms with Gasteiger partial charge in [-0.3, -0.25) is 0 Å². The minimum absolute atomic E-state index is 0.332. The third-order valence-electron chi connectivity index (χ3n) is 6.07. The molecule has 3 aromatic rings. The molecule has 0 spiro atoms. The lowest BCUT2D eigenvalue weighted by Crippen LogP contribution is -2.21. The highest BCUT2D eigenvalue weighted by molar-refractivity contribution is 6.76. The number of benzene rings is 2. The number of nitrogens with zero attached hydrogens (tertiary/aromatic N) is 2. The summed E-state index contributed by atoms with van der Waals surface area (Å²) in [6, 6.07) is 10.5. The molecule has 8 nitrogen and oxygen atoms in total. The van der Waals surface area contributed by atoms with Crippen molar-refractivity contribution in [3.63, 3.8) is 0 Å². The monoisotopic (exact) mass is 495 g/mol. The fraction of sp³-hybridized carbons (Fsp3) is 0.423. The van der Waals surface area contributed by atoms with Gasteiger partial charge in [-0.2, -0.15) is 0 Å². The van der Waals surface area contributed by atoms with E-state index >= 15 is 0 Å². The van der Waals surface area contributed by atoms with E-state index in [2.05, 4.69) is 29.9 Å². The molecule has 0 aliphatic heterocycles. The summed E-state index contributed by atoms with van der Waals surface area (Å²) in [6.45, 7) is 7.98. The van der Waals surface area contributed by atoms with Crippen LogP contribution in [-0.2, 0) is 20.9 Å². The number of ether oxygens (including phenoxy) is 3. The molecule has 1 N–H and O–H groups in total. The van der Waals surface area contributed by atoms with Gasteiger partial charge in [0.25, 0.3) is 0 Å². The minimum atomic E-state index is -1.19. The zero-order chi connectivity index (χ0) is 25.2. The number of hydrogen-bond acceptors (Lipinski definition) is 7. The molecule has 2 aromatic carbocycles. The van der Waals surface area contributed by atoms with Crippen LogP contribution in [0.25, 0.3) is 22.2 Å². The number of aromatic nitrogens is 2. The van der Waals surface area contributed by atoms with Crippen molar-refractivity contribution in [2.24, 2.45) is 0 Å². The molecular formula is C26H33N3O5Si. The zero-order valence-electron chi connectivity index (χ0n) is 21.0. The summed E-state index contributed by atoms with van der Waals surface area (Å²) in [5, 5.41) is 3.41. The Morgan fingerprint density at radius 3 is 2.49 bits per heavy atom. The molecule has 1 heterocycles. The molecule has 0 atom stereocenters. The van der Waals surface area contributed by atoms with Gasteiger partial charge in [-0.15, -0.1) is 0 Å². The summed E-state index contributed by atoms with van der Waals surface area (Å²) in [6.07, 6.45) is 3.82. The van der Waals surface area contributed by atoms with Crippen molar-refractivity contribution >= 4 is 36.7 Å². The first kappa shape index (κ1) is 24.9. The number of methoxy groups -OCH3 is 2. The SMILES string of the molecule is COC(=O)c1cc2ncn(COCC[Si](C)(C)C)c2cc1-c1cccc(NC2CC2)c1C(=O)OC. The van der Waals surface area contributed by atoms with E-state index in [1.165, 1.54) is 14.2 Å². The van der Waals surface area contributed by atoms with Gasteiger partial charge in [-0.1, -0.05) is 31.8 Å². The van der Waals surface area contributed by atoms with Crippen molar-refractivity contribution in [3.05, 3.63) is 47.8 Å². The van der Waals surface area contributed by atoms with Crippen LogP contribution in [-0.4, -0.2) is 56.4 Å². The van der Waals surface area contributed by atoms with E-state index in [4.69, 9.17) is 14.2 Å². The van der Waals surface area contributed by atoms with Crippen LogP contribution in [0.15, 0.2) is 36.7 Å². The van der Waals surface area contributed by atoms with Crippen molar-refractivity contribution < 1.29 is 23.8 Å². The van der Waals surface area contributed by atoms with Crippen LogP contribution < -0.4 is 5.32 Å². The van der Waals surface area contributed by atoms with Gasteiger partial charge < -0.3 is 24.1 Å². The van der Waals surface area contributed by atoms with Crippen molar-refractivity contribution in [3.8, 4) is 11.1 Å². The van der Waals surface area contributed by atoms with E-state index in [9.17, 15) is 9.59 Å². The summed E-state index contributed by atoms with van der Waals surface area (Å²) in [5.41, 5.74) is 4.04. The maximum atomic E-state index is 12.9. The van der Waals surface area contributed by atoms with Gasteiger partial charge in [-0.05, 0) is 48.2 Å². The Hall–Kier alpha value is -3.17. The summed E-state index contributed by atoms with van der Waals surface area (Å²) in [7, 11) is 1.50. The Morgan fingerprint density at radius 2 is 1.83 bits per heavy atom. The van der Waals surface area contributed by atoms with Crippen molar-refractivity contribution in [2.45, 2.75) is 51.3 Å². The van der Waals surface area contributed by atoms with Crippen LogP contribution in [0.2, 0.25) is 25.7 Å². The number of nitrogens with one attached hydrogen (secondary N) is 1. The van der Waals surface area contributed by atoms with E-state index in [1.807, 2.05) is 28.8 Å². The molecule has 1 fully saturated rings. The van der Waals surface area contributed by atoms with Crippen LogP contribution in [0.4, 0.5) is 5.69 Å². The smallest absolute Gasteiger partial charge is 0.340 e. The molecule has 9 heteroatoms. The van der Waals surface area contributed by atoms with Crippen molar-refractivity contribution in [1.82, 2.24) is 9.55 Å². The number of carbonyl (C=O) groups is 2. The molecule has 0 amide bonds. The van der Waals surface area contributed by atoms with Gasteiger partial charge in [0.15, 0.2) is 0 Å². The molecule has 4 rings (SSSR count). The lowest BCUT2D eigenvalue weighted by Gasteiger charge is -2.17. The zero-order valence-corrected chi connectivity index (χ0v) is 22.0. The molecule has 0 saturated heterocycles. The first-order chi connectivity index (χ1) is 16.7. The van der Waals surface area contributed by atoms with Crippen LogP contribution in [0.3, 0.4) is 0 Å². The molecule has 1 aromatic heterocycles. The Bertz CT molecular complexity index is 1240. The van der Waals surface area contributed by atoms with Crippen LogP contribution >= 0.6 is 0 Å². The average molecular weight is 496 g/mol. The third-order valence-corrected chi connectivity index (χ3v) is 7.78. The number of hydrogen-bond donors (Lipinski definition) is 1. The number of esters is 2. The number of carbonyl (C=O) groups excluding carboxylic acids is 2. The molecule has 1 aliphatic carbocycles. The first-order valence-corrected chi connectivity index (χ1v) is 15.6. The van der Waals surface area contributed by atoms with Crippen LogP contribution in [0, 0.1) is 0 Å². The predicted octanol–water partition coefficient (Wildman–Crippen LogP) is 5.16. The molecule has 1 saturated carbocycles. The Morgan fingerprint density at radius 1 is 1.09 bits per heavy atom. The quantitative estimate of drug-likeness (QED) is 0.236. The summed E-state index contributed by atoms with van der Waals surface area (Å²) < 4.78 is 18.0. The summed E-state index contributed by atoms with van der Waals surface area (Å²) >= 11 is 0. The second kappa shape index (κ2) is 10.2. The van der Waals surface area contributed by atoms with E-state index in [0.29, 0.717) is 52.8 Å². The van der Waals surface area contributed by atoms with Gasteiger partial charge in [0.1, 0.15) is 6.73 Å². The minimum Gasteiger partial charge on any atom is -0.465 e. The summed E-state index contributed by atoms with van der Waals surface area (Å²) in [4.78, 5) is 30.2. The van der Waals surface area contributed by atoms with E-state index in [-0.39, 0.29) is 0 Å².